The third-order valence-corrected chi connectivity index (χ3v) is 5.86. The second kappa shape index (κ2) is 7.23. The van der Waals surface area contributed by atoms with Gasteiger partial charge in [-0.3, -0.25) is 4.90 Å². The maximum absolute atomic E-state index is 10.6. The van der Waals surface area contributed by atoms with Gasteiger partial charge in [0.1, 0.15) is 0 Å². The van der Waals surface area contributed by atoms with Crippen LogP contribution in [0, 0.1) is 0 Å². The summed E-state index contributed by atoms with van der Waals surface area (Å²) in [6.07, 6.45) is 2.72. The Morgan fingerprint density at radius 1 is 0.960 bits per heavy atom. The fourth-order valence-corrected chi connectivity index (χ4v) is 4.40. The lowest BCUT2D eigenvalue weighted by Gasteiger charge is -2.30. The van der Waals surface area contributed by atoms with Gasteiger partial charge in [-0.05, 0) is 53.3 Å². The van der Waals surface area contributed by atoms with Crippen molar-refractivity contribution in [2.75, 3.05) is 13.1 Å². The van der Waals surface area contributed by atoms with E-state index in [1.54, 1.807) is 0 Å². The second-order valence-corrected chi connectivity index (χ2v) is 8.55. The van der Waals surface area contributed by atoms with Gasteiger partial charge in [-0.1, -0.05) is 44.0 Å². The zero-order valence-electron chi connectivity index (χ0n) is 13.8. The van der Waals surface area contributed by atoms with E-state index in [9.17, 15) is 5.11 Å². The molecule has 3 nitrogen and oxygen atoms in total. The molecule has 130 valence electrons. The lowest BCUT2D eigenvalue weighted by Crippen LogP contribution is -2.38. The van der Waals surface area contributed by atoms with Crippen LogP contribution in [-0.2, 0) is 19.5 Å². The van der Waals surface area contributed by atoms with Crippen LogP contribution in [0.2, 0.25) is 0 Å². The number of fused-ring (bicyclic) bond motifs is 2. The summed E-state index contributed by atoms with van der Waals surface area (Å²) in [6, 6.07) is 14.9. The van der Waals surface area contributed by atoms with Crippen molar-refractivity contribution in [2.24, 2.45) is 0 Å². The minimum Gasteiger partial charge on any atom is -0.390 e. The van der Waals surface area contributed by atoms with Gasteiger partial charge in [0.15, 0.2) is 0 Å². The Labute approximate surface area is 164 Å². The zero-order chi connectivity index (χ0) is 17.4. The van der Waals surface area contributed by atoms with Gasteiger partial charge in [-0.15, -0.1) is 0 Å². The minimum absolute atomic E-state index is 0.386. The molecular formula is C20H20Br2N2O. The summed E-state index contributed by atoms with van der Waals surface area (Å²) >= 11 is 7.09. The summed E-state index contributed by atoms with van der Waals surface area (Å²) < 4.78 is 4.32. The molecule has 1 aliphatic heterocycles. The fourth-order valence-electron chi connectivity index (χ4n) is 3.64. The number of halogens is 2. The molecule has 2 heterocycles. The predicted octanol–water partition coefficient (Wildman–Crippen LogP) is 4.59. The Morgan fingerprint density at radius 2 is 1.76 bits per heavy atom. The molecule has 0 aliphatic carbocycles. The predicted molar refractivity (Wildman–Crippen MR) is 109 cm³/mol. The summed E-state index contributed by atoms with van der Waals surface area (Å²) in [5.74, 6) is 0. The zero-order valence-corrected chi connectivity index (χ0v) is 17.0. The van der Waals surface area contributed by atoms with Gasteiger partial charge in [0.05, 0.1) is 6.10 Å². The highest BCUT2D eigenvalue weighted by Gasteiger charge is 2.19. The minimum atomic E-state index is -0.386. The molecular weight excluding hydrogens is 444 g/mol. The van der Waals surface area contributed by atoms with E-state index in [1.165, 1.54) is 16.5 Å². The van der Waals surface area contributed by atoms with E-state index < -0.39 is 0 Å². The molecule has 1 atom stereocenters. The van der Waals surface area contributed by atoms with Crippen LogP contribution in [0.3, 0.4) is 0 Å². The summed E-state index contributed by atoms with van der Waals surface area (Å²) in [4.78, 5) is 2.35. The van der Waals surface area contributed by atoms with Crippen LogP contribution in [0.1, 0.15) is 11.1 Å². The standard InChI is InChI=1S/C20H20Br2N2O/c21-17-3-1-14-5-7-23(11-16(14)9-17)12-19(25)13-24-8-6-15-2-4-18(22)10-20(15)24/h1-4,6,8-10,19,25H,5,7,11-13H2/t19-/m1/s1. The number of hydrogen-bond acceptors (Lipinski definition) is 2. The smallest absolute Gasteiger partial charge is 0.0845 e. The van der Waals surface area contributed by atoms with E-state index in [4.69, 9.17) is 0 Å². The first-order chi connectivity index (χ1) is 12.1. The van der Waals surface area contributed by atoms with Gasteiger partial charge in [0.2, 0.25) is 0 Å². The molecule has 5 heteroatoms. The molecule has 4 rings (SSSR count). The highest BCUT2D eigenvalue weighted by atomic mass is 79.9. The monoisotopic (exact) mass is 462 g/mol. The summed E-state index contributed by atoms with van der Waals surface area (Å²) in [6.45, 7) is 3.22. The lowest BCUT2D eigenvalue weighted by molar-refractivity contribution is 0.0927. The number of nitrogens with zero attached hydrogens (tertiary/aromatic N) is 2. The average Bonchev–Trinajstić information content (AvgIpc) is 2.96. The van der Waals surface area contributed by atoms with Crippen molar-refractivity contribution in [3.8, 4) is 0 Å². The van der Waals surface area contributed by atoms with E-state index in [0.29, 0.717) is 13.1 Å². The first-order valence-electron chi connectivity index (χ1n) is 8.50. The summed E-state index contributed by atoms with van der Waals surface area (Å²) in [5, 5.41) is 11.8. The lowest BCUT2D eigenvalue weighted by atomic mass is 10.00. The molecule has 0 radical (unpaired) electrons. The van der Waals surface area contributed by atoms with Crippen LogP contribution in [0.25, 0.3) is 10.9 Å². The largest absolute Gasteiger partial charge is 0.390 e. The normalized spacial score (nSPS) is 16.1. The molecule has 25 heavy (non-hydrogen) atoms. The third kappa shape index (κ3) is 3.85. The number of benzene rings is 2. The first kappa shape index (κ1) is 17.3. The van der Waals surface area contributed by atoms with E-state index in [0.717, 1.165) is 34.0 Å². The highest BCUT2D eigenvalue weighted by molar-refractivity contribution is 9.10. The SMILES string of the molecule is O[C@H](CN1CCc2ccc(Br)cc2C1)Cn1ccc2ccc(Br)cc21. The van der Waals surface area contributed by atoms with Crippen LogP contribution >= 0.6 is 31.9 Å². The molecule has 1 N–H and O–H groups in total. The van der Waals surface area contributed by atoms with Crippen LogP contribution < -0.4 is 0 Å². The molecule has 0 fully saturated rings. The molecule has 2 aromatic carbocycles. The van der Waals surface area contributed by atoms with E-state index in [2.05, 4.69) is 83.9 Å². The van der Waals surface area contributed by atoms with Crippen molar-refractivity contribution in [1.29, 1.82) is 0 Å². The second-order valence-electron chi connectivity index (χ2n) is 6.72. The summed E-state index contributed by atoms with van der Waals surface area (Å²) in [7, 11) is 0. The number of aliphatic hydroxyl groups is 1. The van der Waals surface area contributed by atoms with Gasteiger partial charge in [0, 0.05) is 46.8 Å². The van der Waals surface area contributed by atoms with E-state index in [-0.39, 0.29) is 6.10 Å². The molecule has 1 aromatic heterocycles. The molecule has 0 amide bonds. The Balaban J connectivity index is 1.44. The van der Waals surface area contributed by atoms with E-state index in [1.807, 2.05) is 6.07 Å². The van der Waals surface area contributed by atoms with Crippen molar-refractivity contribution in [3.63, 3.8) is 0 Å². The molecule has 1 aliphatic rings. The van der Waals surface area contributed by atoms with Crippen molar-refractivity contribution in [1.82, 2.24) is 9.47 Å². The van der Waals surface area contributed by atoms with Crippen molar-refractivity contribution in [3.05, 3.63) is 68.7 Å². The van der Waals surface area contributed by atoms with Crippen LogP contribution in [0.15, 0.2) is 57.6 Å². The molecule has 0 spiro atoms. The molecule has 0 bridgehead atoms. The Hall–Kier alpha value is -1.14. The van der Waals surface area contributed by atoms with Gasteiger partial charge in [-0.2, -0.15) is 0 Å². The number of aliphatic hydroxyl groups excluding tert-OH is 1. The van der Waals surface area contributed by atoms with Crippen molar-refractivity contribution < 1.29 is 5.11 Å². The van der Waals surface area contributed by atoms with E-state index >= 15 is 0 Å². The molecule has 0 saturated carbocycles. The third-order valence-electron chi connectivity index (χ3n) is 4.87. The number of rotatable bonds is 4. The number of β-amino-alcohol motifs (C(OH)–C–C–N with tert-alkyl or cyclic N) is 1. The molecule has 3 aromatic rings. The fraction of sp³-hybridized carbons (Fsp3) is 0.300. The Morgan fingerprint density at radius 3 is 2.64 bits per heavy atom. The van der Waals surface area contributed by atoms with Gasteiger partial charge in [0.25, 0.3) is 0 Å². The van der Waals surface area contributed by atoms with Crippen LogP contribution in [0.4, 0.5) is 0 Å². The van der Waals surface area contributed by atoms with Gasteiger partial charge in [-0.25, -0.2) is 0 Å². The number of hydrogen-bond donors (Lipinski definition) is 1. The topological polar surface area (TPSA) is 28.4 Å². The van der Waals surface area contributed by atoms with Gasteiger partial charge < -0.3 is 9.67 Å². The van der Waals surface area contributed by atoms with Crippen molar-refractivity contribution in [2.45, 2.75) is 25.6 Å². The Kier molecular flexibility index (Phi) is 5.00. The van der Waals surface area contributed by atoms with Crippen molar-refractivity contribution >= 4 is 42.8 Å². The van der Waals surface area contributed by atoms with Crippen LogP contribution in [-0.4, -0.2) is 33.8 Å². The molecule has 0 saturated heterocycles. The Bertz CT molecular complexity index is 906. The van der Waals surface area contributed by atoms with Crippen LogP contribution in [0.5, 0.6) is 0 Å². The number of aromatic nitrogens is 1. The molecule has 0 unspecified atom stereocenters. The quantitative estimate of drug-likeness (QED) is 0.613. The summed E-state index contributed by atoms with van der Waals surface area (Å²) in [5.41, 5.74) is 3.94. The first-order valence-corrected chi connectivity index (χ1v) is 10.1. The van der Waals surface area contributed by atoms with Gasteiger partial charge >= 0.3 is 0 Å². The highest BCUT2D eigenvalue weighted by Crippen LogP contribution is 2.24. The maximum Gasteiger partial charge on any atom is 0.0845 e. The average molecular weight is 464 g/mol. The maximum atomic E-state index is 10.6.